The van der Waals surface area contributed by atoms with Gasteiger partial charge in [0.15, 0.2) is 0 Å². The van der Waals surface area contributed by atoms with Crippen LogP contribution in [0.3, 0.4) is 0 Å². The van der Waals surface area contributed by atoms with Crippen molar-refractivity contribution in [2.45, 2.75) is 42.2 Å². The van der Waals surface area contributed by atoms with E-state index in [2.05, 4.69) is 40.2 Å². The third-order valence-corrected chi connectivity index (χ3v) is 5.09. The Morgan fingerprint density at radius 3 is 2.82 bits per heavy atom. The normalized spacial score (nSPS) is 24.9. The fourth-order valence-electron chi connectivity index (χ4n) is 2.28. The second-order valence-corrected chi connectivity index (χ2v) is 6.72. The predicted octanol–water partition coefficient (Wildman–Crippen LogP) is 5.01. The number of halogens is 1. The van der Waals surface area contributed by atoms with Crippen LogP contribution in [0.25, 0.3) is 0 Å². The molecule has 0 aromatic heterocycles. The maximum atomic E-state index is 9.25. The molecule has 0 amide bonds. The summed E-state index contributed by atoms with van der Waals surface area (Å²) in [7, 11) is 0. The Hall–Kier alpha value is -0.460. The van der Waals surface area contributed by atoms with Gasteiger partial charge in [-0.2, -0.15) is 5.26 Å². The largest absolute Gasteiger partial charge is 0.198 e. The summed E-state index contributed by atoms with van der Waals surface area (Å²) in [6.07, 6.45) is 6.02. The molecule has 1 aliphatic rings. The molecule has 2 unspecified atom stereocenters. The first kappa shape index (κ1) is 13.0. The molecule has 2 atom stereocenters. The van der Waals surface area contributed by atoms with Gasteiger partial charge in [-0.1, -0.05) is 41.3 Å². The van der Waals surface area contributed by atoms with Crippen molar-refractivity contribution in [1.82, 2.24) is 0 Å². The Bertz CT molecular complexity index is 413. The van der Waals surface area contributed by atoms with Gasteiger partial charge in [0.05, 0.1) is 12.0 Å². The Morgan fingerprint density at radius 2 is 2.06 bits per heavy atom. The van der Waals surface area contributed by atoms with Gasteiger partial charge < -0.3 is 0 Å². The SMILES string of the molecule is N#CC1CCCCCC1Sc1cccc(Br)c1. The Kier molecular flexibility index (Phi) is 4.94. The smallest absolute Gasteiger partial charge is 0.0667 e. The molecule has 17 heavy (non-hydrogen) atoms. The molecule has 3 heteroatoms. The molecule has 1 aromatic carbocycles. The van der Waals surface area contributed by atoms with E-state index in [-0.39, 0.29) is 5.92 Å². The van der Waals surface area contributed by atoms with Crippen LogP contribution >= 0.6 is 27.7 Å². The van der Waals surface area contributed by atoms with Gasteiger partial charge in [-0.05, 0) is 31.0 Å². The number of nitrogens with zero attached hydrogens (tertiary/aromatic N) is 1. The highest BCUT2D eigenvalue weighted by Crippen LogP contribution is 2.36. The number of nitriles is 1. The number of benzene rings is 1. The van der Waals surface area contributed by atoms with E-state index < -0.39 is 0 Å². The lowest BCUT2D eigenvalue weighted by molar-refractivity contribution is 0.585. The average Bonchev–Trinajstić information content (AvgIpc) is 2.54. The van der Waals surface area contributed by atoms with Crippen LogP contribution in [0.4, 0.5) is 0 Å². The molecular weight excluding hydrogens is 294 g/mol. The van der Waals surface area contributed by atoms with Crippen molar-refractivity contribution in [2.24, 2.45) is 5.92 Å². The van der Waals surface area contributed by atoms with E-state index in [9.17, 15) is 5.26 Å². The van der Waals surface area contributed by atoms with Crippen molar-refractivity contribution in [1.29, 1.82) is 5.26 Å². The van der Waals surface area contributed by atoms with Gasteiger partial charge in [0.25, 0.3) is 0 Å². The van der Waals surface area contributed by atoms with E-state index in [1.807, 2.05) is 17.8 Å². The molecule has 1 nitrogen and oxygen atoms in total. The van der Waals surface area contributed by atoms with Crippen LogP contribution in [-0.2, 0) is 0 Å². The molecule has 0 spiro atoms. The second kappa shape index (κ2) is 6.47. The van der Waals surface area contributed by atoms with Crippen LogP contribution in [0.15, 0.2) is 33.6 Å². The van der Waals surface area contributed by atoms with E-state index in [4.69, 9.17) is 0 Å². The number of rotatable bonds is 2. The Morgan fingerprint density at radius 1 is 1.24 bits per heavy atom. The summed E-state index contributed by atoms with van der Waals surface area (Å²) in [5.41, 5.74) is 0. The van der Waals surface area contributed by atoms with Crippen molar-refractivity contribution >= 4 is 27.7 Å². The quantitative estimate of drug-likeness (QED) is 0.717. The fourth-order valence-corrected chi connectivity index (χ4v) is 4.18. The lowest BCUT2D eigenvalue weighted by atomic mass is 10.0. The zero-order valence-corrected chi connectivity index (χ0v) is 12.1. The summed E-state index contributed by atoms with van der Waals surface area (Å²) >= 11 is 5.37. The number of hydrogen-bond donors (Lipinski definition) is 0. The summed E-state index contributed by atoms with van der Waals surface area (Å²) in [6, 6.07) is 10.9. The van der Waals surface area contributed by atoms with E-state index in [1.165, 1.54) is 30.6 Å². The predicted molar refractivity (Wildman–Crippen MR) is 76.0 cm³/mol. The van der Waals surface area contributed by atoms with Gasteiger partial charge in [0, 0.05) is 14.6 Å². The second-order valence-electron chi connectivity index (χ2n) is 4.49. The first-order valence-corrected chi connectivity index (χ1v) is 7.78. The monoisotopic (exact) mass is 309 g/mol. The molecule has 90 valence electrons. The Labute approximate surface area is 116 Å². The zero-order chi connectivity index (χ0) is 12.1. The third-order valence-electron chi connectivity index (χ3n) is 3.20. The van der Waals surface area contributed by atoms with Crippen molar-refractivity contribution in [2.75, 3.05) is 0 Å². The maximum Gasteiger partial charge on any atom is 0.0667 e. The number of hydrogen-bond acceptors (Lipinski definition) is 2. The lowest BCUT2D eigenvalue weighted by Crippen LogP contribution is -2.13. The summed E-state index contributed by atoms with van der Waals surface area (Å²) in [4.78, 5) is 1.27. The first-order chi connectivity index (χ1) is 8.29. The van der Waals surface area contributed by atoms with Crippen molar-refractivity contribution < 1.29 is 0 Å². The first-order valence-electron chi connectivity index (χ1n) is 6.11. The van der Waals surface area contributed by atoms with Crippen molar-refractivity contribution in [3.8, 4) is 6.07 Å². The van der Waals surface area contributed by atoms with Crippen LogP contribution in [0, 0.1) is 17.2 Å². The van der Waals surface area contributed by atoms with Crippen molar-refractivity contribution in [3.63, 3.8) is 0 Å². The summed E-state index contributed by atoms with van der Waals surface area (Å²) in [5.74, 6) is 0.224. The highest BCUT2D eigenvalue weighted by atomic mass is 79.9. The lowest BCUT2D eigenvalue weighted by Gasteiger charge is -2.18. The minimum Gasteiger partial charge on any atom is -0.198 e. The minimum atomic E-state index is 0.224. The highest BCUT2D eigenvalue weighted by molar-refractivity contribution is 9.10. The third kappa shape index (κ3) is 3.76. The molecule has 0 aliphatic heterocycles. The van der Waals surface area contributed by atoms with Crippen LogP contribution in [0.1, 0.15) is 32.1 Å². The van der Waals surface area contributed by atoms with Gasteiger partial charge in [0.2, 0.25) is 0 Å². The van der Waals surface area contributed by atoms with Gasteiger partial charge in [0.1, 0.15) is 0 Å². The summed E-state index contributed by atoms with van der Waals surface area (Å²) < 4.78 is 1.12. The van der Waals surface area contributed by atoms with Gasteiger partial charge >= 0.3 is 0 Å². The van der Waals surface area contributed by atoms with Gasteiger partial charge in [-0.25, -0.2) is 0 Å². The fraction of sp³-hybridized carbons (Fsp3) is 0.500. The maximum absolute atomic E-state index is 9.25. The summed E-state index contributed by atoms with van der Waals surface area (Å²) in [6.45, 7) is 0. The molecule has 1 aliphatic carbocycles. The van der Waals surface area contributed by atoms with E-state index in [0.29, 0.717) is 5.25 Å². The van der Waals surface area contributed by atoms with Crippen LogP contribution < -0.4 is 0 Å². The highest BCUT2D eigenvalue weighted by Gasteiger charge is 2.24. The molecule has 0 saturated heterocycles. The molecular formula is C14H16BrNS. The number of thioether (sulfide) groups is 1. The molecule has 0 bridgehead atoms. The van der Waals surface area contributed by atoms with Crippen LogP contribution in [0.2, 0.25) is 0 Å². The van der Waals surface area contributed by atoms with E-state index in [0.717, 1.165) is 10.9 Å². The Balaban J connectivity index is 2.07. The zero-order valence-electron chi connectivity index (χ0n) is 9.73. The van der Waals surface area contributed by atoms with Crippen LogP contribution in [0.5, 0.6) is 0 Å². The van der Waals surface area contributed by atoms with E-state index >= 15 is 0 Å². The molecule has 0 radical (unpaired) electrons. The van der Waals surface area contributed by atoms with Gasteiger partial charge in [-0.15, -0.1) is 11.8 Å². The van der Waals surface area contributed by atoms with Gasteiger partial charge in [-0.3, -0.25) is 0 Å². The molecule has 2 rings (SSSR count). The molecule has 0 N–H and O–H groups in total. The molecule has 1 fully saturated rings. The average molecular weight is 310 g/mol. The molecule has 1 saturated carbocycles. The standard InChI is InChI=1S/C14H16BrNS/c15-12-6-4-7-13(9-12)17-14-8-3-1-2-5-11(14)10-16/h4,6-7,9,11,14H,1-3,5,8H2. The van der Waals surface area contributed by atoms with Crippen LogP contribution in [-0.4, -0.2) is 5.25 Å². The molecule has 1 aromatic rings. The topological polar surface area (TPSA) is 23.8 Å². The minimum absolute atomic E-state index is 0.224. The molecule has 0 heterocycles. The summed E-state index contributed by atoms with van der Waals surface area (Å²) in [5, 5.41) is 9.72. The van der Waals surface area contributed by atoms with Crippen molar-refractivity contribution in [3.05, 3.63) is 28.7 Å². The van der Waals surface area contributed by atoms with E-state index in [1.54, 1.807) is 0 Å².